The fourth-order valence-corrected chi connectivity index (χ4v) is 7.79. The van der Waals surface area contributed by atoms with Gasteiger partial charge >= 0.3 is 0 Å². The number of hydrogen-bond donors (Lipinski definition) is 0. The molecule has 9 rings (SSSR count). The fourth-order valence-electron chi connectivity index (χ4n) is 7.79. The first-order chi connectivity index (χ1) is 30.8. The molecule has 0 spiro atoms. The summed E-state index contributed by atoms with van der Waals surface area (Å²) in [4.78, 5) is 19.0. The van der Waals surface area contributed by atoms with E-state index in [0.29, 0.717) is 17.1 Å². The molecule has 0 amide bonds. The number of fused-ring (bicyclic) bond motifs is 4. The van der Waals surface area contributed by atoms with Crippen molar-refractivity contribution in [2.45, 2.75) is 0 Å². The second-order valence-electron chi connectivity index (χ2n) is 14.2. The van der Waals surface area contributed by atoms with Gasteiger partial charge in [-0.25, -0.2) is 55.1 Å². The zero-order chi connectivity index (χ0) is 45.1. The number of aliphatic imine (C=N–C) groups is 4. The molecule has 320 valence electrons. The first-order valence-corrected chi connectivity index (χ1v) is 19.0. The van der Waals surface area contributed by atoms with Crippen LogP contribution in [-0.2, 0) is 0 Å². The number of nitrogens with zero attached hydrogens (tertiary/aromatic N) is 4. The van der Waals surface area contributed by atoms with Gasteiger partial charge in [0.15, 0.2) is 69.5 Å². The van der Waals surface area contributed by atoms with Crippen LogP contribution in [0.15, 0.2) is 140 Å². The van der Waals surface area contributed by atoms with E-state index in [4.69, 9.17) is 28.9 Å². The molecule has 0 radical (unpaired) electrons. The minimum absolute atomic E-state index is 0.0780. The Hall–Kier alpha value is -7.88. The number of hydrogen-bond acceptors (Lipinski definition) is 8. The van der Waals surface area contributed by atoms with Gasteiger partial charge in [-0.15, -0.1) is 0 Å². The summed E-state index contributed by atoms with van der Waals surface area (Å²) in [6, 6.07) is 7.66. The van der Waals surface area contributed by atoms with Crippen LogP contribution in [0.3, 0.4) is 0 Å². The lowest BCUT2D eigenvalue weighted by Gasteiger charge is -2.20. The highest BCUT2D eigenvalue weighted by Crippen LogP contribution is 2.50. The monoisotopic (exact) mass is 876 g/mol. The van der Waals surface area contributed by atoms with Gasteiger partial charge in [-0.3, -0.25) is 0 Å². The van der Waals surface area contributed by atoms with E-state index in [9.17, 15) is 0 Å². The molecule has 0 unspecified atom stereocenters. The summed E-state index contributed by atoms with van der Waals surface area (Å²) in [5.74, 6) is -13.0. The number of allylic oxidation sites excluding steroid dienone is 12. The quantitative estimate of drug-likeness (QED) is 0.165. The van der Waals surface area contributed by atoms with E-state index in [1.54, 1.807) is 30.4 Å². The summed E-state index contributed by atoms with van der Waals surface area (Å²) in [5, 5.41) is 0. The summed E-state index contributed by atoms with van der Waals surface area (Å²) in [6.45, 7) is 0. The minimum Gasteiger partial charge on any atom is -0.491 e. The third-order valence-corrected chi connectivity index (χ3v) is 10.6. The molecule has 16 heteroatoms. The molecular formula is C48H28F8N4O4. The Kier molecular flexibility index (Phi) is 10.4. The molecule has 4 aromatic carbocycles. The third-order valence-electron chi connectivity index (χ3n) is 10.6. The number of ether oxygens (including phenoxy) is 4. The first-order valence-electron chi connectivity index (χ1n) is 19.0. The molecule has 5 heterocycles. The molecule has 0 saturated heterocycles. The summed E-state index contributed by atoms with van der Waals surface area (Å²) >= 11 is 0. The van der Waals surface area contributed by atoms with Crippen molar-refractivity contribution >= 4 is 45.1 Å². The van der Waals surface area contributed by atoms with E-state index in [2.05, 4.69) is 9.98 Å². The molecule has 0 saturated carbocycles. The van der Waals surface area contributed by atoms with Gasteiger partial charge in [-0.1, -0.05) is 0 Å². The fraction of sp³-hybridized carbons (Fsp3) is 0.0833. The van der Waals surface area contributed by atoms with E-state index in [1.807, 2.05) is 0 Å². The van der Waals surface area contributed by atoms with Gasteiger partial charge in [-0.2, -0.15) is 0 Å². The standard InChI is InChI=1S/C48H28F8N4O4/c1-61-45-31(49)13-9-26(39(45)53)30-19-25-18-23-6-5-21(57-23)17-22-7-8-24(58-22)20-35-36(27-10-14-32(50)46(62-2)40(27)54)37(28-11-15-33(51)47(63-3)41(28)55)44(60-35)38(43(30)59-25)29-12-16-34(52)48(64-4)42(29)56/h5-20H,1-4H3. The second-order valence-corrected chi connectivity index (χ2v) is 14.2. The van der Waals surface area contributed by atoms with Crippen molar-refractivity contribution in [2.24, 2.45) is 20.0 Å². The molecular weight excluding hydrogens is 849 g/mol. The van der Waals surface area contributed by atoms with Gasteiger partial charge in [-0.05, 0) is 97.1 Å². The summed E-state index contributed by atoms with van der Waals surface area (Å²) in [7, 11) is 4.09. The normalized spacial score (nSPS) is 16.3. The molecule has 5 aliphatic heterocycles. The zero-order valence-corrected chi connectivity index (χ0v) is 33.7. The summed E-state index contributed by atoms with van der Waals surface area (Å²) in [5.41, 5.74) is -2.37. The van der Waals surface area contributed by atoms with Crippen LogP contribution in [0.2, 0.25) is 0 Å². The van der Waals surface area contributed by atoms with E-state index < -0.39 is 97.5 Å². The van der Waals surface area contributed by atoms with Gasteiger partial charge in [0.25, 0.3) is 0 Å². The van der Waals surface area contributed by atoms with Gasteiger partial charge in [0, 0.05) is 44.5 Å². The van der Waals surface area contributed by atoms with E-state index in [-0.39, 0.29) is 45.1 Å². The maximum absolute atomic E-state index is 17.1. The Morgan fingerprint density at radius 2 is 0.781 bits per heavy atom. The summed E-state index contributed by atoms with van der Waals surface area (Å²) in [6.07, 6.45) is 12.5. The lowest BCUT2D eigenvalue weighted by atomic mass is 9.85. The van der Waals surface area contributed by atoms with Crippen molar-refractivity contribution in [1.82, 2.24) is 0 Å². The Labute approximate surface area is 358 Å². The maximum Gasteiger partial charge on any atom is 0.191 e. The van der Waals surface area contributed by atoms with Crippen molar-refractivity contribution in [3.05, 3.63) is 189 Å². The van der Waals surface area contributed by atoms with E-state index in [0.717, 1.165) is 77.0 Å². The van der Waals surface area contributed by atoms with E-state index in [1.165, 1.54) is 18.2 Å². The number of benzene rings is 4. The molecule has 5 aliphatic rings. The zero-order valence-electron chi connectivity index (χ0n) is 33.7. The summed E-state index contributed by atoms with van der Waals surface area (Å²) < 4.78 is 149. The maximum atomic E-state index is 17.1. The average Bonchev–Trinajstić information content (AvgIpc) is 4.08. The Morgan fingerprint density at radius 3 is 1.27 bits per heavy atom. The highest BCUT2D eigenvalue weighted by Gasteiger charge is 2.38. The Balaban J connectivity index is 1.52. The SMILES string of the molecule is COc1c(F)ccc(C2=CC3=CC4=NC(=CC5=NC(=CC6=NC(=C(c7ccc(F)c(OC)c7F)C2=N3)C(c2ccc(F)c(OC)c2F)=C6c2ccc(F)c(OC)c2F)C=C5)C=C4)c1F. The van der Waals surface area contributed by atoms with Gasteiger partial charge < -0.3 is 18.9 Å². The molecule has 0 aromatic heterocycles. The Morgan fingerprint density at radius 1 is 0.375 bits per heavy atom. The molecule has 0 aliphatic carbocycles. The minimum atomic E-state index is -1.34. The molecule has 8 nitrogen and oxygen atoms in total. The highest BCUT2D eigenvalue weighted by molar-refractivity contribution is 6.50. The third kappa shape index (κ3) is 6.78. The lowest BCUT2D eigenvalue weighted by molar-refractivity contribution is 0.359. The van der Waals surface area contributed by atoms with Crippen LogP contribution in [0.1, 0.15) is 22.3 Å². The van der Waals surface area contributed by atoms with Crippen molar-refractivity contribution in [1.29, 1.82) is 0 Å². The topological polar surface area (TPSA) is 86.4 Å². The molecule has 8 bridgehead atoms. The van der Waals surface area contributed by atoms with Crippen molar-refractivity contribution in [2.75, 3.05) is 28.4 Å². The molecule has 0 atom stereocenters. The van der Waals surface area contributed by atoms with Crippen LogP contribution in [0.4, 0.5) is 35.1 Å². The van der Waals surface area contributed by atoms with Crippen molar-refractivity contribution in [3.8, 4) is 23.0 Å². The second kappa shape index (κ2) is 16.1. The van der Waals surface area contributed by atoms with Gasteiger partial charge in [0.1, 0.15) is 0 Å². The number of rotatable bonds is 8. The smallest absolute Gasteiger partial charge is 0.191 e. The molecule has 0 N–H and O–H groups in total. The predicted octanol–water partition coefficient (Wildman–Crippen LogP) is 10.8. The van der Waals surface area contributed by atoms with Crippen molar-refractivity contribution < 1.29 is 54.1 Å². The van der Waals surface area contributed by atoms with Gasteiger partial charge in [0.2, 0.25) is 0 Å². The van der Waals surface area contributed by atoms with Crippen LogP contribution in [-0.4, -0.2) is 51.3 Å². The van der Waals surface area contributed by atoms with E-state index >= 15 is 35.1 Å². The Bertz CT molecular complexity index is 3180. The lowest BCUT2D eigenvalue weighted by Crippen LogP contribution is -2.11. The van der Waals surface area contributed by atoms with Crippen LogP contribution >= 0.6 is 0 Å². The molecule has 0 fully saturated rings. The highest BCUT2D eigenvalue weighted by atomic mass is 19.2. The predicted molar refractivity (Wildman–Crippen MR) is 226 cm³/mol. The molecule has 4 aromatic rings. The molecule has 64 heavy (non-hydrogen) atoms. The van der Waals surface area contributed by atoms with Crippen LogP contribution < -0.4 is 18.9 Å². The number of halogens is 8. The van der Waals surface area contributed by atoms with Crippen molar-refractivity contribution in [3.63, 3.8) is 0 Å². The largest absolute Gasteiger partial charge is 0.491 e. The average molecular weight is 877 g/mol. The first kappa shape index (κ1) is 41.5. The van der Waals surface area contributed by atoms with Crippen LogP contribution in [0, 0.1) is 46.5 Å². The van der Waals surface area contributed by atoms with Gasteiger partial charge in [0.05, 0.1) is 74.1 Å². The van der Waals surface area contributed by atoms with Crippen LogP contribution in [0.5, 0.6) is 23.0 Å². The van der Waals surface area contributed by atoms with Crippen LogP contribution in [0.25, 0.3) is 22.3 Å². The number of methoxy groups -OCH3 is 4.